The number of fused-ring (bicyclic) bond motifs is 1. The molecular weight excluding hydrogens is 264 g/mol. The molecule has 0 radical (unpaired) electrons. The van der Waals surface area contributed by atoms with E-state index in [1.165, 1.54) is 12.1 Å². The van der Waals surface area contributed by atoms with Gasteiger partial charge in [-0.3, -0.25) is 4.55 Å². The van der Waals surface area contributed by atoms with Gasteiger partial charge in [0, 0.05) is 0 Å². The summed E-state index contributed by atoms with van der Waals surface area (Å²) in [7, 11) is -4.15. The van der Waals surface area contributed by atoms with Crippen LogP contribution in [0.15, 0.2) is 41.3 Å². The minimum atomic E-state index is -4.15. The fourth-order valence-corrected chi connectivity index (χ4v) is 2.30. The molecule has 1 N–H and O–H groups in total. The van der Waals surface area contributed by atoms with Gasteiger partial charge >= 0.3 is 0 Å². The Kier molecular flexibility index (Phi) is 4.07. The Hall–Kier alpha value is -1.59. The molecular formula is C14H16O4S. The molecule has 2 aromatic carbocycles. The van der Waals surface area contributed by atoms with Gasteiger partial charge in [-0.15, -0.1) is 0 Å². The molecule has 0 spiro atoms. The van der Waals surface area contributed by atoms with E-state index in [1.807, 2.05) is 6.07 Å². The zero-order valence-corrected chi connectivity index (χ0v) is 11.5. The molecule has 0 amide bonds. The molecule has 0 fully saturated rings. The lowest BCUT2D eigenvalue weighted by molar-refractivity contribution is 0.310. The third-order valence-electron chi connectivity index (χ3n) is 2.85. The van der Waals surface area contributed by atoms with E-state index in [1.54, 1.807) is 18.2 Å². The van der Waals surface area contributed by atoms with E-state index in [0.29, 0.717) is 6.61 Å². The van der Waals surface area contributed by atoms with Crippen LogP contribution in [-0.2, 0) is 10.1 Å². The highest BCUT2D eigenvalue weighted by molar-refractivity contribution is 7.85. The Morgan fingerprint density at radius 2 is 1.79 bits per heavy atom. The van der Waals surface area contributed by atoms with Gasteiger partial charge in [0.2, 0.25) is 0 Å². The zero-order valence-electron chi connectivity index (χ0n) is 10.7. The van der Waals surface area contributed by atoms with Gasteiger partial charge in [-0.2, -0.15) is 8.42 Å². The minimum absolute atomic E-state index is 0.0975. The summed E-state index contributed by atoms with van der Waals surface area (Å²) in [5, 5.41) is 1.62. The van der Waals surface area contributed by atoms with Gasteiger partial charge in [0.1, 0.15) is 5.75 Å². The molecule has 19 heavy (non-hydrogen) atoms. The van der Waals surface area contributed by atoms with Gasteiger partial charge in [0.05, 0.1) is 11.5 Å². The summed E-state index contributed by atoms with van der Waals surface area (Å²) >= 11 is 0. The first-order valence-electron chi connectivity index (χ1n) is 6.15. The first kappa shape index (κ1) is 13.8. The molecule has 2 aromatic rings. The van der Waals surface area contributed by atoms with Crippen LogP contribution in [-0.4, -0.2) is 19.6 Å². The highest BCUT2D eigenvalue weighted by atomic mass is 32.2. The van der Waals surface area contributed by atoms with Crippen molar-refractivity contribution < 1.29 is 17.7 Å². The van der Waals surface area contributed by atoms with Gasteiger partial charge in [0.15, 0.2) is 0 Å². The average Bonchev–Trinajstić information content (AvgIpc) is 2.37. The first-order valence-corrected chi connectivity index (χ1v) is 7.59. The van der Waals surface area contributed by atoms with Crippen LogP contribution in [0.2, 0.25) is 0 Å². The van der Waals surface area contributed by atoms with Gasteiger partial charge < -0.3 is 4.74 Å². The average molecular weight is 280 g/mol. The lowest BCUT2D eigenvalue weighted by atomic mass is 10.1. The fraction of sp³-hybridized carbons (Fsp3) is 0.286. The summed E-state index contributed by atoms with van der Waals surface area (Å²) in [5.74, 6) is 0.764. The van der Waals surface area contributed by atoms with E-state index in [4.69, 9.17) is 9.29 Å². The van der Waals surface area contributed by atoms with E-state index in [-0.39, 0.29) is 4.90 Å². The maximum atomic E-state index is 11.0. The molecule has 0 heterocycles. The Morgan fingerprint density at radius 1 is 1.11 bits per heavy atom. The van der Waals surface area contributed by atoms with Crippen LogP contribution in [0, 0.1) is 0 Å². The fourth-order valence-electron chi connectivity index (χ4n) is 1.79. The van der Waals surface area contributed by atoms with Crippen LogP contribution in [0.4, 0.5) is 0 Å². The Morgan fingerprint density at radius 3 is 2.47 bits per heavy atom. The SMILES string of the molecule is CCCCOc1ccc2cc(S(=O)(=O)O)ccc2c1. The molecule has 4 nitrogen and oxygen atoms in total. The highest BCUT2D eigenvalue weighted by Gasteiger charge is 2.09. The van der Waals surface area contributed by atoms with Crippen molar-refractivity contribution in [1.29, 1.82) is 0 Å². The summed E-state index contributed by atoms with van der Waals surface area (Å²) in [6, 6.07) is 9.93. The van der Waals surface area contributed by atoms with Crippen molar-refractivity contribution in [3.8, 4) is 5.75 Å². The van der Waals surface area contributed by atoms with Crippen LogP contribution < -0.4 is 4.74 Å². The van der Waals surface area contributed by atoms with E-state index in [2.05, 4.69) is 6.92 Å². The summed E-state index contributed by atoms with van der Waals surface area (Å²) in [6.07, 6.45) is 2.07. The Labute approximate surface area is 112 Å². The molecule has 5 heteroatoms. The lowest BCUT2D eigenvalue weighted by Gasteiger charge is -2.07. The monoisotopic (exact) mass is 280 g/mol. The predicted octanol–water partition coefficient (Wildman–Crippen LogP) is 3.27. The van der Waals surface area contributed by atoms with Gasteiger partial charge in [-0.05, 0) is 41.5 Å². The summed E-state index contributed by atoms with van der Waals surface area (Å²) in [4.78, 5) is -0.0975. The lowest BCUT2D eigenvalue weighted by Crippen LogP contribution is -1.98. The number of hydrogen-bond donors (Lipinski definition) is 1. The number of unbranched alkanes of at least 4 members (excludes halogenated alkanes) is 1. The zero-order chi connectivity index (χ0) is 13.9. The molecule has 0 unspecified atom stereocenters. The van der Waals surface area contributed by atoms with Crippen LogP contribution in [0.3, 0.4) is 0 Å². The quantitative estimate of drug-likeness (QED) is 0.674. The van der Waals surface area contributed by atoms with Crippen LogP contribution in [0.5, 0.6) is 5.75 Å². The number of hydrogen-bond acceptors (Lipinski definition) is 3. The third-order valence-corrected chi connectivity index (χ3v) is 3.70. The first-order chi connectivity index (χ1) is 9.00. The molecule has 0 aromatic heterocycles. The number of ether oxygens (including phenoxy) is 1. The van der Waals surface area contributed by atoms with Crippen molar-refractivity contribution in [3.05, 3.63) is 36.4 Å². The van der Waals surface area contributed by atoms with Crippen molar-refractivity contribution in [3.63, 3.8) is 0 Å². The van der Waals surface area contributed by atoms with Crippen molar-refractivity contribution in [1.82, 2.24) is 0 Å². The molecule has 0 atom stereocenters. The Balaban J connectivity index is 2.30. The van der Waals surface area contributed by atoms with Gasteiger partial charge in [-0.1, -0.05) is 25.5 Å². The second kappa shape index (κ2) is 5.59. The second-order valence-electron chi connectivity index (χ2n) is 4.35. The van der Waals surface area contributed by atoms with Crippen LogP contribution >= 0.6 is 0 Å². The summed E-state index contributed by atoms with van der Waals surface area (Å²) in [5.41, 5.74) is 0. The van der Waals surface area contributed by atoms with Gasteiger partial charge in [-0.25, -0.2) is 0 Å². The van der Waals surface area contributed by atoms with E-state index in [0.717, 1.165) is 29.4 Å². The largest absolute Gasteiger partial charge is 0.494 e. The third kappa shape index (κ3) is 3.45. The normalized spacial score (nSPS) is 11.7. The molecule has 102 valence electrons. The van der Waals surface area contributed by atoms with E-state index in [9.17, 15) is 8.42 Å². The molecule has 0 saturated heterocycles. The van der Waals surface area contributed by atoms with Crippen molar-refractivity contribution in [2.24, 2.45) is 0 Å². The van der Waals surface area contributed by atoms with Crippen molar-refractivity contribution in [2.75, 3.05) is 6.61 Å². The highest BCUT2D eigenvalue weighted by Crippen LogP contribution is 2.23. The molecule has 0 aliphatic carbocycles. The molecule has 0 bridgehead atoms. The van der Waals surface area contributed by atoms with Gasteiger partial charge in [0.25, 0.3) is 10.1 Å². The molecule has 0 aliphatic heterocycles. The van der Waals surface area contributed by atoms with Crippen LogP contribution in [0.25, 0.3) is 10.8 Å². The maximum Gasteiger partial charge on any atom is 0.294 e. The minimum Gasteiger partial charge on any atom is -0.494 e. The number of benzene rings is 2. The molecule has 2 rings (SSSR count). The number of rotatable bonds is 5. The van der Waals surface area contributed by atoms with Crippen molar-refractivity contribution in [2.45, 2.75) is 24.7 Å². The van der Waals surface area contributed by atoms with Crippen molar-refractivity contribution >= 4 is 20.9 Å². The standard InChI is InChI=1S/C14H16O4S/c1-2-3-8-18-13-6-4-12-10-14(19(15,16)17)7-5-11(12)9-13/h4-7,9-10H,2-3,8H2,1H3,(H,15,16,17). The van der Waals surface area contributed by atoms with E-state index < -0.39 is 10.1 Å². The molecule has 0 aliphatic rings. The van der Waals surface area contributed by atoms with E-state index >= 15 is 0 Å². The maximum absolute atomic E-state index is 11.0. The van der Waals surface area contributed by atoms with Crippen LogP contribution in [0.1, 0.15) is 19.8 Å². The smallest absolute Gasteiger partial charge is 0.294 e. The topological polar surface area (TPSA) is 63.6 Å². The second-order valence-corrected chi connectivity index (χ2v) is 5.77. The summed E-state index contributed by atoms with van der Waals surface area (Å²) in [6.45, 7) is 2.77. The predicted molar refractivity (Wildman–Crippen MR) is 74.2 cm³/mol. The molecule has 0 saturated carbocycles. The Bertz CT molecular complexity index is 677. The summed E-state index contributed by atoms with van der Waals surface area (Å²) < 4.78 is 36.7.